The number of nitrogen functional groups attached to an aromatic ring is 1. The van der Waals surface area contributed by atoms with Gasteiger partial charge < -0.3 is 15.1 Å². The van der Waals surface area contributed by atoms with E-state index in [1.165, 1.54) is 0 Å². The van der Waals surface area contributed by atoms with Gasteiger partial charge in [-0.3, -0.25) is 4.79 Å². The van der Waals surface area contributed by atoms with Crippen molar-refractivity contribution in [2.24, 2.45) is 5.84 Å². The number of nitrogens with one attached hydrogen (secondary N) is 1. The standard InChI is InChI=1S/C14H13BrN4O2/c15-10-2-3-12-11(5-10)19(14(20)8-21-12)7-9-1-4-13(18-16)17-6-9/h1-6H,7-8,16H2,(H,17,18). The first-order chi connectivity index (χ1) is 10.2. The summed E-state index contributed by atoms with van der Waals surface area (Å²) in [6.45, 7) is 0.480. The lowest BCUT2D eigenvalue weighted by atomic mass is 10.2. The maximum absolute atomic E-state index is 12.1. The molecule has 1 aliphatic rings. The van der Waals surface area contributed by atoms with Crippen LogP contribution in [0.1, 0.15) is 5.56 Å². The van der Waals surface area contributed by atoms with Crippen LogP contribution in [0.2, 0.25) is 0 Å². The molecule has 1 aromatic heterocycles. The summed E-state index contributed by atoms with van der Waals surface area (Å²) in [6.07, 6.45) is 1.69. The molecule has 0 unspecified atom stereocenters. The molecule has 21 heavy (non-hydrogen) atoms. The lowest BCUT2D eigenvalue weighted by Gasteiger charge is -2.29. The third kappa shape index (κ3) is 2.84. The number of pyridine rings is 1. The lowest BCUT2D eigenvalue weighted by Crippen LogP contribution is -2.38. The van der Waals surface area contributed by atoms with E-state index in [2.05, 4.69) is 26.3 Å². The Labute approximate surface area is 130 Å². The van der Waals surface area contributed by atoms with Crippen LogP contribution in [0.4, 0.5) is 11.5 Å². The second-order valence-electron chi connectivity index (χ2n) is 4.58. The quantitative estimate of drug-likeness (QED) is 0.655. The summed E-state index contributed by atoms with van der Waals surface area (Å²) >= 11 is 3.41. The van der Waals surface area contributed by atoms with Gasteiger partial charge >= 0.3 is 0 Å². The summed E-state index contributed by atoms with van der Waals surface area (Å²) in [6, 6.07) is 9.24. The van der Waals surface area contributed by atoms with E-state index < -0.39 is 0 Å². The number of nitrogens with two attached hydrogens (primary N) is 1. The van der Waals surface area contributed by atoms with Crippen LogP contribution in [0.3, 0.4) is 0 Å². The zero-order chi connectivity index (χ0) is 14.8. The lowest BCUT2D eigenvalue weighted by molar-refractivity contribution is -0.121. The fourth-order valence-corrected chi connectivity index (χ4v) is 2.48. The van der Waals surface area contributed by atoms with Gasteiger partial charge in [-0.15, -0.1) is 0 Å². The van der Waals surface area contributed by atoms with E-state index in [1.807, 2.05) is 24.3 Å². The number of hydrogen-bond donors (Lipinski definition) is 2. The molecule has 7 heteroatoms. The molecule has 2 heterocycles. The van der Waals surface area contributed by atoms with Gasteiger partial charge in [0, 0.05) is 10.7 Å². The fourth-order valence-electron chi connectivity index (χ4n) is 2.13. The first kappa shape index (κ1) is 13.8. The number of aromatic nitrogens is 1. The molecule has 3 rings (SSSR count). The Balaban J connectivity index is 1.90. The van der Waals surface area contributed by atoms with E-state index in [4.69, 9.17) is 10.6 Å². The molecule has 0 saturated carbocycles. The predicted molar refractivity (Wildman–Crippen MR) is 82.9 cm³/mol. The highest BCUT2D eigenvalue weighted by Crippen LogP contribution is 2.35. The van der Waals surface area contributed by atoms with E-state index in [9.17, 15) is 4.79 Å². The Morgan fingerprint density at radius 2 is 2.24 bits per heavy atom. The number of ether oxygens (including phenoxy) is 1. The van der Waals surface area contributed by atoms with Gasteiger partial charge in [0.25, 0.3) is 5.91 Å². The van der Waals surface area contributed by atoms with E-state index in [0.717, 1.165) is 15.7 Å². The minimum absolute atomic E-state index is 0.0461. The highest BCUT2D eigenvalue weighted by Gasteiger charge is 2.25. The molecule has 108 valence electrons. The van der Waals surface area contributed by atoms with Crippen LogP contribution < -0.4 is 20.9 Å². The van der Waals surface area contributed by atoms with Crippen molar-refractivity contribution in [2.45, 2.75) is 6.54 Å². The summed E-state index contributed by atoms with van der Waals surface area (Å²) in [5.74, 6) is 6.48. The molecule has 0 radical (unpaired) electrons. The normalized spacial score (nSPS) is 13.6. The third-order valence-electron chi connectivity index (χ3n) is 3.18. The number of carbonyl (C=O) groups is 1. The minimum atomic E-state index is -0.0818. The maximum Gasteiger partial charge on any atom is 0.265 e. The van der Waals surface area contributed by atoms with Gasteiger partial charge in [0.2, 0.25) is 0 Å². The van der Waals surface area contributed by atoms with Crippen LogP contribution in [0.5, 0.6) is 5.75 Å². The average Bonchev–Trinajstić information content (AvgIpc) is 2.51. The molecular weight excluding hydrogens is 336 g/mol. The summed E-state index contributed by atoms with van der Waals surface area (Å²) in [5.41, 5.74) is 4.14. The number of halogens is 1. The van der Waals surface area contributed by atoms with Crippen molar-refractivity contribution >= 4 is 33.3 Å². The number of amides is 1. The largest absolute Gasteiger partial charge is 0.482 e. The fraction of sp³-hybridized carbons (Fsp3) is 0.143. The summed E-state index contributed by atoms with van der Waals surface area (Å²) in [4.78, 5) is 18.0. The van der Waals surface area contributed by atoms with Crippen molar-refractivity contribution in [1.29, 1.82) is 0 Å². The number of hydrogen-bond acceptors (Lipinski definition) is 5. The molecule has 0 saturated heterocycles. The first-order valence-corrected chi connectivity index (χ1v) is 7.11. The van der Waals surface area contributed by atoms with Gasteiger partial charge in [-0.05, 0) is 29.8 Å². The Morgan fingerprint density at radius 1 is 1.38 bits per heavy atom. The molecule has 0 spiro atoms. The molecule has 0 fully saturated rings. The minimum Gasteiger partial charge on any atom is -0.482 e. The molecule has 0 bridgehead atoms. The van der Waals surface area contributed by atoms with Crippen LogP contribution in [0.25, 0.3) is 0 Å². The molecule has 3 N–H and O–H groups in total. The molecule has 1 aliphatic heterocycles. The zero-order valence-corrected chi connectivity index (χ0v) is 12.6. The second-order valence-corrected chi connectivity index (χ2v) is 5.49. The van der Waals surface area contributed by atoms with Crippen LogP contribution in [-0.4, -0.2) is 17.5 Å². The number of benzene rings is 1. The first-order valence-electron chi connectivity index (χ1n) is 6.31. The van der Waals surface area contributed by atoms with E-state index in [0.29, 0.717) is 18.1 Å². The molecule has 0 aliphatic carbocycles. The van der Waals surface area contributed by atoms with Crippen molar-refractivity contribution in [3.8, 4) is 5.75 Å². The van der Waals surface area contributed by atoms with Crippen LogP contribution in [0, 0.1) is 0 Å². The van der Waals surface area contributed by atoms with Crippen molar-refractivity contribution < 1.29 is 9.53 Å². The zero-order valence-electron chi connectivity index (χ0n) is 11.0. The number of fused-ring (bicyclic) bond motifs is 1. The molecule has 0 atom stereocenters. The third-order valence-corrected chi connectivity index (χ3v) is 3.67. The molecular formula is C14H13BrN4O2. The molecule has 2 aromatic rings. The number of rotatable bonds is 3. The van der Waals surface area contributed by atoms with Crippen molar-refractivity contribution in [3.05, 3.63) is 46.6 Å². The predicted octanol–water partition coefficient (Wildman–Crippen LogP) is 2.06. The van der Waals surface area contributed by atoms with Gasteiger partial charge in [0.15, 0.2) is 6.61 Å². The molecule has 1 amide bonds. The topological polar surface area (TPSA) is 80.5 Å². The Bertz CT molecular complexity index is 675. The monoisotopic (exact) mass is 348 g/mol. The van der Waals surface area contributed by atoms with Crippen LogP contribution in [0.15, 0.2) is 41.0 Å². The maximum atomic E-state index is 12.1. The SMILES string of the molecule is NNc1ccc(CN2C(=O)COc3ccc(Br)cc32)cn1. The Kier molecular flexibility index (Phi) is 3.76. The van der Waals surface area contributed by atoms with Gasteiger partial charge in [0.1, 0.15) is 11.6 Å². The average molecular weight is 349 g/mol. The number of anilines is 2. The van der Waals surface area contributed by atoms with E-state index in [-0.39, 0.29) is 12.5 Å². The number of nitrogens with zero attached hydrogens (tertiary/aromatic N) is 2. The molecule has 1 aromatic carbocycles. The van der Waals surface area contributed by atoms with Crippen molar-refractivity contribution in [1.82, 2.24) is 4.98 Å². The Hall–Kier alpha value is -2.12. The second kappa shape index (κ2) is 5.71. The highest BCUT2D eigenvalue weighted by molar-refractivity contribution is 9.10. The smallest absolute Gasteiger partial charge is 0.265 e. The summed E-state index contributed by atoms with van der Waals surface area (Å²) in [7, 11) is 0. The number of hydrazine groups is 1. The van der Waals surface area contributed by atoms with Crippen LogP contribution in [-0.2, 0) is 11.3 Å². The van der Waals surface area contributed by atoms with Gasteiger partial charge in [-0.25, -0.2) is 10.8 Å². The van der Waals surface area contributed by atoms with Crippen molar-refractivity contribution in [3.63, 3.8) is 0 Å². The summed E-state index contributed by atoms with van der Waals surface area (Å²) < 4.78 is 6.33. The van der Waals surface area contributed by atoms with E-state index >= 15 is 0 Å². The van der Waals surface area contributed by atoms with Gasteiger partial charge in [-0.2, -0.15) is 0 Å². The Morgan fingerprint density at radius 3 is 2.95 bits per heavy atom. The molecule has 6 nitrogen and oxygen atoms in total. The van der Waals surface area contributed by atoms with E-state index in [1.54, 1.807) is 17.2 Å². The highest BCUT2D eigenvalue weighted by atomic mass is 79.9. The van der Waals surface area contributed by atoms with Crippen molar-refractivity contribution in [2.75, 3.05) is 16.9 Å². The van der Waals surface area contributed by atoms with Gasteiger partial charge in [0.05, 0.1) is 12.2 Å². The van der Waals surface area contributed by atoms with Crippen LogP contribution >= 0.6 is 15.9 Å². The van der Waals surface area contributed by atoms with Gasteiger partial charge in [-0.1, -0.05) is 22.0 Å². The summed E-state index contributed by atoms with van der Waals surface area (Å²) in [5, 5.41) is 0. The number of carbonyl (C=O) groups excluding carboxylic acids is 1.